The third-order valence-electron chi connectivity index (χ3n) is 4.54. The molecule has 1 aromatic heterocycles. The van der Waals surface area contributed by atoms with Gasteiger partial charge in [-0.25, -0.2) is 4.99 Å². The van der Waals surface area contributed by atoms with E-state index in [1.807, 2.05) is 43.3 Å². The zero-order chi connectivity index (χ0) is 21.8. The van der Waals surface area contributed by atoms with E-state index in [2.05, 4.69) is 20.6 Å². The third kappa shape index (κ3) is 4.95. The van der Waals surface area contributed by atoms with Gasteiger partial charge in [0.25, 0.3) is 11.8 Å². The van der Waals surface area contributed by atoms with E-state index in [9.17, 15) is 9.59 Å². The Kier molecular flexibility index (Phi) is 6.34. The van der Waals surface area contributed by atoms with E-state index >= 15 is 0 Å². The second-order valence-electron chi connectivity index (χ2n) is 6.86. The summed E-state index contributed by atoms with van der Waals surface area (Å²) < 4.78 is 0. The van der Waals surface area contributed by atoms with Gasteiger partial charge >= 0.3 is 0 Å². The topological polar surface area (TPSA) is 83.5 Å². The molecule has 3 aromatic rings. The molecule has 0 saturated carbocycles. The van der Waals surface area contributed by atoms with E-state index in [1.54, 1.807) is 24.4 Å². The molecule has 1 aliphatic rings. The van der Waals surface area contributed by atoms with Crippen molar-refractivity contribution in [3.05, 3.63) is 75.8 Å². The zero-order valence-electron chi connectivity index (χ0n) is 16.7. The summed E-state index contributed by atoms with van der Waals surface area (Å²) in [6, 6.07) is 14.6. The summed E-state index contributed by atoms with van der Waals surface area (Å²) in [5.41, 5.74) is 2.68. The third-order valence-corrected chi connectivity index (χ3v) is 5.77. The van der Waals surface area contributed by atoms with Gasteiger partial charge in [0, 0.05) is 23.7 Å². The number of carbonyl (C=O) groups is 2. The Morgan fingerprint density at radius 3 is 2.97 bits per heavy atom. The Hall–Kier alpha value is -3.16. The zero-order valence-corrected chi connectivity index (χ0v) is 18.3. The number of fused-ring (bicyclic) bond motifs is 1. The highest BCUT2D eigenvalue weighted by molar-refractivity contribution is 8.18. The first-order valence-electron chi connectivity index (χ1n) is 9.75. The molecule has 156 valence electrons. The molecule has 1 saturated heterocycles. The molecule has 2 heterocycles. The molecule has 1 fully saturated rings. The van der Waals surface area contributed by atoms with E-state index in [4.69, 9.17) is 11.6 Å². The van der Waals surface area contributed by atoms with Crippen molar-refractivity contribution in [2.75, 3.05) is 6.54 Å². The first-order valence-corrected chi connectivity index (χ1v) is 10.9. The van der Waals surface area contributed by atoms with Crippen LogP contribution in [-0.4, -0.2) is 28.5 Å². The van der Waals surface area contributed by atoms with Crippen LogP contribution in [0.5, 0.6) is 0 Å². The molecule has 0 bridgehead atoms. The van der Waals surface area contributed by atoms with Crippen LogP contribution in [-0.2, 0) is 4.79 Å². The fourth-order valence-corrected chi connectivity index (χ4v) is 4.00. The van der Waals surface area contributed by atoms with Crippen molar-refractivity contribution in [3.63, 3.8) is 0 Å². The molecule has 6 nitrogen and oxygen atoms in total. The van der Waals surface area contributed by atoms with Crippen LogP contribution in [0.15, 0.2) is 64.6 Å². The average molecular weight is 451 g/mol. The molecule has 0 radical (unpaired) electrons. The number of thioether (sulfide) groups is 1. The van der Waals surface area contributed by atoms with Crippen LogP contribution < -0.4 is 10.6 Å². The van der Waals surface area contributed by atoms with Gasteiger partial charge in [0.05, 0.1) is 21.1 Å². The van der Waals surface area contributed by atoms with Crippen molar-refractivity contribution in [1.29, 1.82) is 0 Å². The van der Waals surface area contributed by atoms with Gasteiger partial charge in [0.2, 0.25) is 0 Å². The molecule has 2 N–H and O–H groups in total. The van der Waals surface area contributed by atoms with Gasteiger partial charge in [-0.1, -0.05) is 30.7 Å². The molecule has 0 spiro atoms. The first-order chi connectivity index (χ1) is 15.0. The maximum absolute atomic E-state index is 12.4. The lowest BCUT2D eigenvalue weighted by atomic mass is 10.1. The van der Waals surface area contributed by atoms with Gasteiger partial charge in [-0.2, -0.15) is 0 Å². The predicted octanol–water partition coefficient (Wildman–Crippen LogP) is 4.92. The van der Waals surface area contributed by atoms with E-state index in [1.165, 1.54) is 11.8 Å². The minimum atomic E-state index is -0.233. The summed E-state index contributed by atoms with van der Waals surface area (Å²) in [7, 11) is 0. The standard InChI is InChI=1S/C23H19ClN4O2S/c1-2-9-26-21(29)16-6-7-17(24)19(13-16)27-23-28-22(30)20(31-23)12-14-5-8-18-15(11-14)4-3-10-25-18/h3-8,10-13H,2,9H2,1H3,(H,26,29)(H,27,28,30)/b20-12+. The number of hydrogen-bond donors (Lipinski definition) is 2. The van der Waals surface area contributed by atoms with Crippen LogP contribution in [0.1, 0.15) is 29.3 Å². The van der Waals surface area contributed by atoms with Gasteiger partial charge in [-0.3, -0.25) is 14.6 Å². The van der Waals surface area contributed by atoms with E-state index in [0.717, 1.165) is 22.9 Å². The van der Waals surface area contributed by atoms with Gasteiger partial charge in [0.1, 0.15) is 0 Å². The summed E-state index contributed by atoms with van der Waals surface area (Å²) in [6.45, 7) is 2.58. The average Bonchev–Trinajstić information content (AvgIpc) is 3.12. The normalized spacial score (nSPS) is 16.1. The Bertz CT molecular complexity index is 1240. The van der Waals surface area contributed by atoms with Crippen LogP contribution in [0.3, 0.4) is 0 Å². The first kappa shape index (κ1) is 21.1. The van der Waals surface area contributed by atoms with Crippen molar-refractivity contribution in [3.8, 4) is 0 Å². The van der Waals surface area contributed by atoms with Crippen LogP contribution in [0.4, 0.5) is 5.69 Å². The van der Waals surface area contributed by atoms with Crippen molar-refractivity contribution < 1.29 is 9.59 Å². The van der Waals surface area contributed by atoms with E-state index < -0.39 is 0 Å². The summed E-state index contributed by atoms with van der Waals surface area (Å²) in [6.07, 6.45) is 4.40. The van der Waals surface area contributed by atoms with Crippen molar-refractivity contribution in [2.45, 2.75) is 13.3 Å². The monoisotopic (exact) mass is 450 g/mol. The van der Waals surface area contributed by atoms with Gasteiger partial charge < -0.3 is 10.6 Å². The van der Waals surface area contributed by atoms with Crippen molar-refractivity contribution >= 4 is 63.0 Å². The summed E-state index contributed by atoms with van der Waals surface area (Å²) in [4.78, 5) is 33.9. The Balaban J connectivity index is 1.57. The molecule has 1 aliphatic heterocycles. The summed E-state index contributed by atoms with van der Waals surface area (Å²) in [5.74, 6) is -0.419. The number of rotatable bonds is 5. The quantitative estimate of drug-likeness (QED) is 0.540. The lowest BCUT2D eigenvalue weighted by molar-refractivity contribution is -0.115. The van der Waals surface area contributed by atoms with Gasteiger partial charge in [-0.15, -0.1) is 0 Å². The number of nitrogens with zero attached hydrogens (tertiary/aromatic N) is 2. The Morgan fingerprint density at radius 2 is 2.13 bits per heavy atom. The second-order valence-corrected chi connectivity index (χ2v) is 8.30. The van der Waals surface area contributed by atoms with Crippen LogP contribution in [0.25, 0.3) is 17.0 Å². The van der Waals surface area contributed by atoms with Gasteiger partial charge in [0.15, 0.2) is 5.17 Å². The van der Waals surface area contributed by atoms with Crippen molar-refractivity contribution in [1.82, 2.24) is 15.6 Å². The molecule has 0 unspecified atom stereocenters. The fraction of sp³-hybridized carbons (Fsp3) is 0.130. The fourth-order valence-electron chi connectivity index (χ4n) is 3.01. The number of nitrogens with one attached hydrogen (secondary N) is 2. The molecule has 2 aromatic carbocycles. The molecular formula is C23H19ClN4O2S. The Morgan fingerprint density at radius 1 is 1.26 bits per heavy atom. The molecule has 0 atom stereocenters. The number of amidine groups is 1. The number of amides is 2. The SMILES string of the molecule is CCCNC(=O)c1ccc(Cl)c(N=C2NC(=O)/C(=C\c3ccc4ncccc4c3)S2)c1. The van der Waals surface area contributed by atoms with Crippen LogP contribution in [0.2, 0.25) is 5.02 Å². The minimum absolute atomic E-state index is 0.186. The summed E-state index contributed by atoms with van der Waals surface area (Å²) in [5, 5.41) is 7.38. The van der Waals surface area contributed by atoms with E-state index in [0.29, 0.717) is 32.9 Å². The lowest BCUT2D eigenvalue weighted by Gasteiger charge is -2.06. The number of aromatic nitrogens is 1. The summed E-state index contributed by atoms with van der Waals surface area (Å²) >= 11 is 7.49. The maximum atomic E-state index is 12.4. The maximum Gasteiger partial charge on any atom is 0.264 e. The van der Waals surface area contributed by atoms with Crippen LogP contribution in [0, 0.1) is 0 Å². The highest BCUT2D eigenvalue weighted by Crippen LogP contribution is 2.32. The number of halogens is 1. The number of benzene rings is 2. The lowest BCUT2D eigenvalue weighted by Crippen LogP contribution is -2.23. The van der Waals surface area contributed by atoms with E-state index in [-0.39, 0.29) is 11.8 Å². The molecular weight excluding hydrogens is 432 g/mol. The second kappa shape index (κ2) is 9.32. The molecule has 8 heteroatoms. The largest absolute Gasteiger partial charge is 0.352 e. The molecule has 4 rings (SSSR count). The smallest absolute Gasteiger partial charge is 0.264 e. The molecule has 31 heavy (non-hydrogen) atoms. The predicted molar refractivity (Wildman–Crippen MR) is 127 cm³/mol. The minimum Gasteiger partial charge on any atom is -0.352 e. The van der Waals surface area contributed by atoms with Crippen molar-refractivity contribution in [2.24, 2.45) is 4.99 Å². The van der Waals surface area contributed by atoms with Gasteiger partial charge in [-0.05, 0) is 66.2 Å². The molecule has 0 aliphatic carbocycles. The molecule has 2 amide bonds. The number of carbonyl (C=O) groups excluding carboxylic acids is 2. The number of hydrogen-bond acceptors (Lipinski definition) is 5. The number of pyridine rings is 1. The highest BCUT2D eigenvalue weighted by atomic mass is 35.5. The van der Waals surface area contributed by atoms with Crippen LogP contribution >= 0.6 is 23.4 Å². The number of aliphatic imine (C=N–C) groups is 1. The highest BCUT2D eigenvalue weighted by Gasteiger charge is 2.24. The Labute approximate surface area is 188 Å².